The Hall–Kier alpha value is -1.75. The summed E-state index contributed by atoms with van der Waals surface area (Å²) < 4.78 is 26.3. The van der Waals surface area contributed by atoms with E-state index in [0.29, 0.717) is 0 Å². The van der Waals surface area contributed by atoms with Gasteiger partial charge in [-0.05, 0) is 18.2 Å². The van der Waals surface area contributed by atoms with E-state index in [4.69, 9.17) is 0 Å². The summed E-state index contributed by atoms with van der Waals surface area (Å²) in [6.45, 7) is 2.93. The first-order valence-electron chi connectivity index (χ1n) is 4.58. The molecule has 16 heavy (non-hydrogen) atoms. The van der Waals surface area contributed by atoms with Crippen molar-refractivity contribution in [2.75, 3.05) is 6.54 Å². The highest BCUT2D eigenvalue weighted by Crippen LogP contribution is 2.19. The van der Waals surface area contributed by atoms with Crippen LogP contribution in [0.1, 0.15) is 11.7 Å². The molecule has 0 spiro atoms. The van der Waals surface area contributed by atoms with Gasteiger partial charge in [-0.2, -0.15) is 0 Å². The van der Waals surface area contributed by atoms with Gasteiger partial charge >= 0.3 is 0 Å². The average molecular weight is 227 g/mol. The van der Waals surface area contributed by atoms with E-state index in [-0.39, 0.29) is 6.54 Å². The Morgan fingerprint density at radius 3 is 2.56 bits per heavy atom. The monoisotopic (exact) mass is 227 g/mol. The number of carbonyl (C=O) groups is 1. The fourth-order valence-electron chi connectivity index (χ4n) is 1.20. The molecule has 2 N–H and O–H groups in total. The number of carbonyl (C=O) groups excluding carboxylic acids is 1. The molecule has 86 valence electrons. The Balaban J connectivity index is 2.76. The zero-order valence-electron chi connectivity index (χ0n) is 8.41. The lowest BCUT2D eigenvalue weighted by Gasteiger charge is -2.12. The SMILES string of the molecule is C=CC(=O)NCC(O)c1c(F)cccc1F. The minimum Gasteiger partial charge on any atom is -0.386 e. The lowest BCUT2D eigenvalue weighted by atomic mass is 10.1. The zero-order chi connectivity index (χ0) is 12.1. The summed E-state index contributed by atoms with van der Waals surface area (Å²) in [6.07, 6.45) is -0.421. The van der Waals surface area contributed by atoms with Crippen molar-refractivity contribution in [1.82, 2.24) is 5.32 Å². The van der Waals surface area contributed by atoms with Crippen LogP contribution in [0.3, 0.4) is 0 Å². The molecule has 1 rings (SSSR count). The average Bonchev–Trinajstić information content (AvgIpc) is 2.25. The van der Waals surface area contributed by atoms with E-state index in [1.54, 1.807) is 0 Å². The number of hydrogen-bond donors (Lipinski definition) is 2. The smallest absolute Gasteiger partial charge is 0.243 e. The van der Waals surface area contributed by atoms with Crippen molar-refractivity contribution in [2.24, 2.45) is 0 Å². The van der Waals surface area contributed by atoms with Gasteiger partial charge in [-0.15, -0.1) is 0 Å². The van der Waals surface area contributed by atoms with Gasteiger partial charge in [0.1, 0.15) is 17.7 Å². The van der Waals surface area contributed by atoms with Crippen molar-refractivity contribution in [1.29, 1.82) is 0 Å². The van der Waals surface area contributed by atoms with Crippen molar-refractivity contribution >= 4 is 5.91 Å². The maximum Gasteiger partial charge on any atom is 0.243 e. The van der Waals surface area contributed by atoms with Gasteiger partial charge in [-0.1, -0.05) is 12.6 Å². The van der Waals surface area contributed by atoms with Crippen molar-refractivity contribution in [3.05, 3.63) is 48.1 Å². The Bertz CT molecular complexity index is 387. The lowest BCUT2D eigenvalue weighted by molar-refractivity contribution is -0.116. The summed E-state index contributed by atoms with van der Waals surface area (Å²) >= 11 is 0. The van der Waals surface area contributed by atoms with E-state index in [0.717, 1.165) is 18.2 Å². The van der Waals surface area contributed by atoms with E-state index in [9.17, 15) is 18.7 Å². The maximum atomic E-state index is 13.2. The Morgan fingerprint density at radius 2 is 2.06 bits per heavy atom. The van der Waals surface area contributed by atoms with Crippen LogP contribution in [0.4, 0.5) is 8.78 Å². The Kier molecular flexibility index (Phi) is 4.13. The molecule has 0 bridgehead atoms. The van der Waals surface area contributed by atoms with Gasteiger partial charge in [0.25, 0.3) is 0 Å². The topological polar surface area (TPSA) is 49.3 Å². The highest BCUT2D eigenvalue weighted by molar-refractivity contribution is 5.86. The molecule has 0 saturated heterocycles. The number of nitrogens with one attached hydrogen (secondary N) is 1. The maximum absolute atomic E-state index is 13.2. The third kappa shape index (κ3) is 2.87. The number of halogens is 2. The molecule has 1 aromatic rings. The van der Waals surface area contributed by atoms with Crippen LogP contribution in [0.2, 0.25) is 0 Å². The summed E-state index contributed by atoms with van der Waals surface area (Å²) in [4.78, 5) is 10.8. The number of amides is 1. The van der Waals surface area contributed by atoms with Gasteiger partial charge in [-0.3, -0.25) is 4.79 Å². The molecule has 1 aromatic carbocycles. The van der Waals surface area contributed by atoms with Crippen molar-refractivity contribution in [3.8, 4) is 0 Å². The third-order valence-electron chi connectivity index (χ3n) is 1.99. The first kappa shape index (κ1) is 12.3. The molecule has 3 nitrogen and oxygen atoms in total. The molecular formula is C11H11F2NO2. The molecule has 0 saturated carbocycles. The quantitative estimate of drug-likeness (QED) is 0.762. The first-order chi connectivity index (χ1) is 7.56. The molecule has 1 amide bonds. The van der Waals surface area contributed by atoms with Gasteiger partial charge < -0.3 is 10.4 Å². The van der Waals surface area contributed by atoms with Gasteiger partial charge in [0, 0.05) is 6.54 Å². The second kappa shape index (κ2) is 5.37. The molecule has 0 aliphatic carbocycles. The van der Waals surface area contributed by atoms with E-state index in [2.05, 4.69) is 11.9 Å². The number of hydrogen-bond acceptors (Lipinski definition) is 2. The first-order valence-corrected chi connectivity index (χ1v) is 4.58. The summed E-state index contributed by atoms with van der Waals surface area (Å²) in [5, 5.41) is 11.7. The predicted octanol–water partition coefficient (Wildman–Crippen LogP) is 1.30. The van der Waals surface area contributed by atoms with Gasteiger partial charge in [0.2, 0.25) is 5.91 Å². The van der Waals surface area contributed by atoms with Crippen LogP contribution < -0.4 is 5.32 Å². The number of benzene rings is 1. The van der Waals surface area contributed by atoms with E-state index < -0.39 is 29.2 Å². The molecule has 0 aromatic heterocycles. The molecule has 1 unspecified atom stereocenters. The summed E-state index contributed by atoms with van der Waals surface area (Å²) in [7, 11) is 0. The highest BCUT2D eigenvalue weighted by atomic mass is 19.1. The molecule has 0 heterocycles. The van der Waals surface area contributed by atoms with Gasteiger partial charge in [-0.25, -0.2) is 8.78 Å². The molecule has 1 atom stereocenters. The standard InChI is InChI=1S/C11H11F2NO2/c1-2-10(16)14-6-9(15)11-7(12)4-3-5-8(11)13/h2-5,9,15H,1,6H2,(H,14,16). The molecule has 5 heteroatoms. The van der Waals surface area contributed by atoms with E-state index in [1.165, 1.54) is 6.07 Å². The summed E-state index contributed by atoms with van der Waals surface area (Å²) in [5.74, 6) is -2.21. The second-order valence-corrected chi connectivity index (χ2v) is 3.10. The van der Waals surface area contributed by atoms with Crippen molar-refractivity contribution in [2.45, 2.75) is 6.10 Å². The lowest BCUT2D eigenvalue weighted by Crippen LogP contribution is -2.27. The molecule has 0 fully saturated rings. The fourth-order valence-corrected chi connectivity index (χ4v) is 1.20. The Labute approximate surface area is 91.4 Å². The van der Waals surface area contributed by atoms with Crippen molar-refractivity contribution < 1.29 is 18.7 Å². The van der Waals surface area contributed by atoms with Crippen LogP contribution >= 0.6 is 0 Å². The molecular weight excluding hydrogens is 216 g/mol. The minimum atomic E-state index is -1.43. The van der Waals surface area contributed by atoms with Crippen LogP contribution in [0.15, 0.2) is 30.9 Å². The van der Waals surface area contributed by atoms with Crippen LogP contribution in [0, 0.1) is 11.6 Å². The zero-order valence-corrected chi connectivity index (χ0v) is 8.41. The van der Waals surface area contributed by atoms with E-state index >= 15 is 0 Å². The largest absolute Gasteiger partial charge is 0.386 e. The van der Waals surface area contributed by atoms with Gasteiger partial charge in [0.15, 0.2) is 0 Å². The van der Waals surface area contributed by atoms with Crippen LogP contribution in [0.25, 0.3) is 0 Å². The number of aliphatic hydroxyl groups excluding tert-OH is 1. The number of aliphatic hydroxyl groups is 1. The van der Waals surface area contributed by atoms with E-state index in [1.807, 2.05) is 0 Å². The molecule has 0 aliphatic heterocycles. The predicted molar refractivity (Wildman–Crippen MR) is 54.5 cm³/mol. The fraction of sp³-hybridized carbons (Fsp3) is 0.182. The van der Waals surface area contributed by atoms with Crippen molar-refractivity contribution in [3.63, 3.8) is 0 Å². The molecule has 0 radical (unpaired) electrons. The van der Waals surface area contributed by atoms with Crippen LogP contribution in [0.5, 0.6) is 0 Å². The number of rotatable bonds is 4. The second-order valence-electron chi connectivity index (χ2n) is 3.10. The molecule has 0 aliphatic rings. The van der Waals surface area contributed by atoms with Gasteiger partial charge in [0.05, 0.1) is 5.56 Å². The van der Waals surface area contributed by atoms with Crippen LogP contribution in [-0.2, 0) is 4.79 Å². The normalized spacial score (nSPS) is 11.9. The summed E-state index contributed by atoms with van der Waals surface area (Å²) in [6, 6.07) is 3.27. The third-order valence-corrected chi connectivity index (χ3v) is 1.99. The highest BCUT2D eigenvalue weighted by Gasteiger charge is 2.17. The Morgan fingerprint density at radius 1 is 1.50 bits per heavy atom. The summed E-state index contributed by atoms with van der Waals surface area (Å²) in [5.41, 5.74) is -0.452. The van der Waals surface area contributed by atoms with Crippen LogP contribution in [-0.4, -0.2) is 17.6 Å². The minimum absolute atomic E-state index is 0.275.